The van der Waals surface area contributed by atoms with Crippen LogP contribution in [0.2, 0.25) is 0 Å². The molecule has 5 aromatic rings. The van der Waals surface area contributed by atoms with E-state index in [1.54, 1.807) is 11.3 Å². The molecule has 0 aliphatic heterocycles. The van der Waals surface area contributed by atoms with E-state index < -0.39 is 0 Å². The predicted molar refractivity (Wildman–Crippen MR) is 202 cm³/mol. The van der Waals surface area contributed by atoms with Gasteiger partial charge in [0.1, 0.15) is 21.5 Å². The van der Waals surface area contributed by atoms with Crippen molar-refractivity contribution in [2.75, 3.05) is 13.2 Å². The van der Waals surface area contributed by atoms with Crippen molar-refractivity contribution in [3.05, 3.63) is 72.8 Å². The van der Waals surface area contributed by atoms with Crippen molar-refractivity contribution in [1.29, 1.82) is 0 Å². The number of nitrogens with zero attached hydrogens (tertiary/aromatic N) is 2. The normalized spacial score (nSPS) is 11.4. The van der Waals surface area contributed by atoms with Gasteiger partial charge in [-0.05, 0) is 70.8 Å². The molecular weight excluding hydrogens is 597 g/mol. The zero-order chi connectivity index (χ0) is 32.5. The molecule has 1 heterocycles. The van der Waals surface area contributed by atoms with Crippen LogP contribution in [0.4, 0.5) is 0 Å². The van der Waals surface area contributed by atoms with E-state index in [0.29, 0.717) is 0 Å². The van der Waals surface area contributed by atoms with Gasteiger partial charge in [-0.3, -0.25) is 0 Å². The van der Waals surface area contributed by atoms with Gasteiger partial charge in [-0.1, -0.05) is 151 Å². The van der Waals surface area contributed by atoms with Crippen molar-refractivity contribution in [3.63, 3.8) is 0 Å². The molecule has 47 heavy (non-hydrogen) atoms. The van der Waals surface area contributed by atoms with Gasteiger partial charge >= 0.3 is 0 Å². The summed E-state index contributed by atoms with van der Waals surface area (Å²) in [6.07, 6.45) is 21.0. The molecule has 0 unspecified atom stereocenters. The summed E-state index contributed by atoms with van der Waals surface area (Å²) in [5.74, 6) is 1.90. The Hall–Kier alpha value is -3.44. The van der Waals surface area contributed by atoms with E-state index in [9.17, 15) is 0 Å². The molecule has 0 saturated carbocycles. The van der Waals surface area contributed by atoms with Crippen molar-refractivity contribution in [2.24, 2.45) is 0 Å². The first-order valence-corrected chi connectivity index (χ1v) is 19.2. The molecule has 250 valence electrons. The summed E-state index contributed by atoms with van der Waals surface area (Å²) in [5.41, 5.74) is 2.18. The second-order valence-corrected chi connectivity index (χ2v) is 14.0. The standard InChI is InChI=1S/C42H54N2O2S/c1-3-5-7-9-11-13-15-17-27-45-39-25-23-33-29-37(21-19-35(33)31-39)41-43-44-42(47-41)38-22-20-36-32-40(26-24-34(36)30-38)46-28-18-16-14-12-10-8-6-4-2/h19-26,29-32H,3-18,27-28H2,1-2H3. The molecule has 0 aliphatic rings. The van der Waals surface area contributed by atoms with Crippen LogP contribution in [0.15, 0.2) is 72.8 Å². The summed E-state index contributed by atoms with van der Waals surface area (Å²) in [6, 6.07) is 25.8. The van der Waals surface area contributed by atoms with Gasteiger partial charge in [0.2, 0.25) is 0 Å². The molecule has 0 radical (unpaired) electrons. The van der Waals surface area contributed by atoms with Crippen LogP contribution in [0.5, 0.6) is 11.5 Å². The average Bonchev–Trinajstić information content (AvgIpc) is 3.60. The third-order valence-electron chi connectivity index (χ3n) is 9.08. The first-order chi connectivity index (χ1) is 23.2. The van der Waals surface area contributed by atoms with E-state index in [1.165, 1.54) is 111 Å². The van der Waals surface area contributed by atoms with Gasteiger partial charge in [0.15, 0.2) is 0 Å². The van der Waals surface area contributed by atoms with Crippen LogP contribution >= 0.6 is 11.3 Å². The van der Waals surface area contributed by atoms with Crippen molar-refractivity contribution < 1.29 is 9.47 Å². The fourth-order valence-corrected chi connectivity index (χ4v) is 7.04. The van der Waals surface area contributed by atoms with Crippen LogP contribution in [0.1, 0.15) is 117 Å². The Morgan fingerprint density at radius 2 is 0.787 bits per heavy atom. The Morgan fingerprint density at radius 3 is 1.21 bits per heavy atom. The summed E-state index contributed by atoms with van der Waals surface area (Å²) < 4.78 is 12.2. The molecule has 4 aromatic carbocycles. The molecule has 0 spiro atoms. The fourth-order valence-electron chi connectivity index (χ4n) is 6.20. The summed E-state index contributed by atoms with van der Waals surface area (Å²) in [6.45, 7) is 6.12. The number of rotatable bonds is 22. The van der Waals surface area contributed by atoms with Gasteiger partial charge in [-0.25, -0.2) is 0 Å². The molecule has 5 rings (SSSR count). The molecule has 4 nitrogen and oxygen atoms in total. The number of benzene rings is 4. The first-order valence-electron chi connectivity index (χ1n) is 18.4. The van der Waals surface area contributed by atoms with Gasteiger partial charge in [0.25, 0.3) is 0 Å². The molecule has 1 aromatic heterocycles. The summed E-state index contributed by atoms with van der Waals surface area (Å²) >= 11 is 1.64. The lowest BCUT2D eigenvalue weighted by Crippen LogP contribution is -1.97. The maximum Gasteiger partial charge on any atom is 0.148 e. The average molecular weight is 651 g/mol. The molecule has 0 aliphatic carbocycles. The number of fused-ring (bicyclic) bond motifs is 2. The van der Waals surface area contributed by atoms with E-state index in [-0.39, 0.29) is 0 Å². The lowest BCUT2D eigenvalue weighted by atomic mass is 10.1. The number of hydrogen-bond donors (Lipinski definition) is 0. The zero-order valence-electron chi connectivity index (χ0n) is 28.8. The third-order valence-corrected chi connectivity index (χ3v) is 10.1. The van der Waals surface area contributed by atoms with E-state index >= 15 is 0 Å². The third kappa shape index (κ3) is 11.1. The van der Waals surface area contributed by atoms with Crippen LogP contribution in [0, 0.1) is 0 Å². The number of hydrogen-bond acceptors (Lipinski definition) is 5. The smallest absolute Gasteiger partial charge is 0.148 e. The van der Waals surface area contributed by atoms with Crippen LogP contribution in [0.3, 0.4) is 0 Å². The van der Waals surface area contributed by atoms with Crippen LogP contribution in [-0.4, -0.2) is 23.4 Å². The minimum absolute atomic E-state index is 0.787. The summed E-state index contributed by atoms with van der Waals surface area (Å²) in [5, 5.41) is 15.7. The van der Waals surface area contributed by atoms with Crippen molar-refractivity contribution >= 4 is 32.9 Å². The van der Waals surface area contributed by atoms with Gasteiger partial charge in [-0.15, -0.1) is 10.2 Å². The lowest BCUT2D eigenvalue weighted by molar-refractivity contribution is 0.304. The molecule has 5 heteroatoms. The second kappa shape index (κ2) is 19.4. The van der Waals surface area contributed by atoms with Crippen molar-refractivity contribution in [2.45, 2.75) is 117 Å². The van der Waals surface area contributed by atoms with Crippen LogP contribution < -0.4 is 9.47 Å². The Labute approximate surface area is 286 Å². The SMILES string of the molecule is CCCCCCCCCCOc1ccc2cc(-c3nnc(-c4ccc5cc(OCCCCCCCCCC)ccc5c4)s3)ccc2c1. The molecule has 0 amide bonds. The zero-order valence-corrected chi connectivity index (χ0v) is 29.6. The van der Waals surface area contributed by atoms with E-state index in [4.69, 9.17) is 9.47 Å². The van der Waals surface area contributed by atoms with Gasteiger partial charge < -0.3 is 9.47 Å². The minimum Gasteiger partial charge on any atom is -0.494 e. The maximum absolute atomic E-state index is 6.08. The monoisotopic (exact) mass is 650 g/mol. The molecule has 0 saturated heterocycles. The molecule has 0 fully saturated rings. The number of aromatic nitrogens is 2. The highest BCUT2D eigenvalue weighted by molar-refractivity contribution is 7.17. The topological polar surface area (TPSA) is 44.2 Å². The van der Waals surface area contributed by atoms with Crippen LogP contribution in [-0.2, 0) is 0 Å². The molecule has 0 bridgehead atoms. The highest BCUT2D eigenvalue weighted by Gasteiger charge is 2.11. The first kappa shape index (κ1) is 34.9. The lowest BCUT2D eigenvalue weighted by Gasteiger charge is -2.08. The largest absolute Gasteiger partial charge is 0.494 e. The number of unbranched alkanes of at least 4 members (excludes halogenated alkanes) is 14. The van der Waals surface area contributed by atoms with Gasteiger partial charge in [0, 0.05) is 11.1 Å². The van der Waals surface area contributed by atoms with Crippen molar-refractivity contribution in [1.82, 2.24) is 10.2 Å². The fraction of sp³-hybridized carbons (Fsp3) is 0.476. The predicted octanol–water partition coefficient (Wildman–Crippen LogP) is 13.2. The highest BCUT2D eigenvalue weighted by Crippen LogP contribution is 2.34. The second-order valence-electron chi connectivity index (χ2n) is 13.0. The van der Waals surface area contributed by atoms with Gasteiger partial charge in [-0.2, -0.15) is 0 Å². The van der Waals surface area contributed by atoms with Crippen molar-refractivity contribution in [3.8, 4) is 32.6 Å². The van der Waals surface area contributed by atoms with E-state index in [2.05, 4.69) is 96.8 Å². The molecular formula is C42H54N2O2S. The Bertz CT molecular complexity index is 1530. The Kier molecular flexibility index (Phi) is 14.4. The Morgan fingerprint density at radius 1 is 0.426 bits per heavy atom. The quantitative estimate of drug-likeness (QED) is 0.0699. The molecule has 0 atom stereocenters. The maximum atomic E-state index is 6.08. The highest BCUT2D eigenvalue weighted by atomic mass is 32.1. The summed E-state index contributed by atoms with van der Waals surface area (Å²) in [7, 11) is 0. The minimum atomic E-state index is 0.787. The van der Waals surface area contributed by atoms with Crippen LogP contribution in [0.25, 0.3) is 42.7 Å². The van der Waals surface area contributed by atoms with E-state index in [0.717, 1.165) is 58.7 Å². The summed E-state index contributed by atoms with van der Waals surface area (Å²) in [4.78, 5) is 0. The van der Waals surface area contributed by atoms with Gasteiger partial charge in [0.05, 0.1) is 13.2 Å². The number of ether oxygens (including phenoxy) is 2. The molecule has 0 N–H and O–H groups in total. The Balaban J connectivity index is 1.10. The van der Waals surface area contributed by atoms with E-state index in [1.807, 2.05) is 0 Å².